The zero-order chi connectivity index (χ0) is 20.4. The molecule has 3 atom stereocenters. The number of carbonyl (C=O) groups excluding carboxylic acids is 1. The minimum Gasteiger partial charge on any atom is -0.441 e. The number of nitrogens with zero attached hydrogens (tertiary/aromatic N) is 1. The summed E-state index contributed by atoms with van der Waals surface area (Å²) in [6.45, 7) is 11.9. The standard InChI is InChI=1S/C22H45NO3/c1-9-10-11-12-13-14-15-16-19(4)20(24)26-22(6,23(7)8)21(5,25)17-18(2)3/h18-19,25H,9-17H2,1-8H3. The number of carbonyl (C=O) groups is 1. The van der Waals surface area contributed by atoms with E-state index in [-0.39, 0.29) is 11.9 Å². The molecule has 0 aromatic carbocycles. The quantitative estimate of drug-likeness (QED) is 0.253. The van der Waals surface area contributed by atoms with Gasteiger partial charge in [0.2, 0.25) is 0 Å². The van der Waals surface area contributed by atoms with Gasteiger partial charge in [-0.2, -0.15) is 0 Å². The summed E-state index contributed by atoms with van der Waals surface area (Å²) in [4.78, 5) is 14.5. The van der Waals surface area contributed by atoms with E-state index in [4.69, 9.17) is 4.74 Å². The molecule has 3 unspecified atom stereocenters. The highest BCUT2D eigenvalue weighted by Gasteiger charge is 2.49. The molecule has 0 aliphatic rings. The molecule has 4 heteroatoms. The summed E-state index contributed by atoms with van der Waals surface area (Å²) in [5.74, 6) is -0.0379. The fourth-order valence-electron chi connectivity index (χ4n) is 3.49. The SMILES string of the molecule is CCCCCCCCCC(C)C(=O)OC(C)(N(C)C)C(C)(O)CC(C)C. The first kappa shape index (κ1) is 25.4. The molecule has 0 amide bonds. The topological polar surface area (TPSA) is 49.8 Å². The number of ether oxygens (including phenoxy) is 1. The van der Waals surface area contributed by atoms with Crippen molar-refractivity contribution < 1.29 is 14.6 Å². The van der Waals surface area contributed by atoms with Crippen LogP contribution < -0.4 is 0 Å². The van der Waals surface area contributed by atoms with Gasteiger partial charge in [0.15, 0.2) is 5.72 Å². The Labute approximate surface area is 162 Å². The highest BCUT2D eigenvalue weighted by atomic mass is 16.6. The molecule has 0 saturated carbocycles. The van der Waals surface area contributed by atoms with Crippen molar-refractivity contribution in [3.8, 4) is 0 Å². The molecule has 4 nitrogen and oxygen atoms in total. The third-order valence-electron chi connectivity index (χ3n) is 5.60. The molecule has 0 spiro atoms. The number of unbranched alkanes of at least 4 members (excludes halogenated alkanes) is 6. The van der Waals surface area contributed by atoms with Crippen molar-refractivity contribution in [1.82, 2.24) is 4.90 Å². The third kappa shape index (κ3) is 8.39. The van der Waals surface area contributed by atoms with Crippen LogP contribution >= 0.6 is 0 Å². The van der Waals surface area contributed by atoms with Crippen LogP contribution in [0.2, 0.25) is 0 Å². The van der Waals surface area contributed by atoms with Crippen molar-refractivity contribution in [3.05, 3.63) is 0 Å². The van der Waals surface area contributed by atoms with Crippen LogP contribution in [0.25, 0.3) is 0 Å². The van der Waals surface area contributed by atoms with Gasteiger partial charge < -0.3 is 9.84 Å². The fraction of sp³-hybridized carbons (Fsp3) is 0.955. The predicted molar refractivity (Wildman–Crippen MR) is 110 cm³/mol. The number of esters is 1. The summed E-state index contributed by atoms with van der Waals surface area (Å²) in [5, 5.41) is 11.0. The lowest BCUT2D eigenvalue weighted by atomic mass is 9.84. The van der Waals surface area contributed by atoms with Crippen LogP contribution in [0.5, 0.6) is 0 Å². The summed E-state index contributed by atoms with van der Waals surface area (Å²) in [6, 6.07) is 0. The lowest BCUT2D eigenvalue weighted by Crippen LogP contribution is -2.62. The molecule has 26 heavy (non-hydrogen) atoms. The second kappa shape index (κ2) is 12.0. The first-order chi connectivity index (χ1) is 12.0. The van der Waals surface area contributed by atoms with Crippen LogP contribution in [-0.2, 0) is 9.53 Å². The summed E-state index contributed by atoms with van der Waals surface area (Å²) in [6.07, 6.45) is 10.1. The van der Waals surface area contributed by atoms with Crippen LogP contribution in [-0.4, -0.2) is 41.4 Å². The van der Waals surface area contributed by atoms with Crippen LogP contribution in [0.1, 0.15) is 99.3 Å². The van der Waals surface area contributed by atoms with E-state index >= 15 is 0 Å². The van der Waals surface area contributed by atoms with Crippen molar-refractivity contribution in [1.29, 1.82) is 0 Å². The van der Waals surface area contributed by atoms with Gasteiger partial charge in [-0.25, -0.2) is 0 Å². The van der Waals surface area contributed by atoms with Gasteiger partial charge in [0.05, 0.1) is 5.92 Å². The molecule has 0 aliphatic heterocycles. The van der Waals surface area contributed by atoms with Gasteiger partial charge in [-0.05, 0) is 46.7 Å². The molecular formula is C22H45NO3. The Kier molecular flexibility index (Phi) is 11.7. The van der Waals surface area contributed by atoms with Gasteiger partial charge in [-0.15, -0.1) is 0 Å². The second-order valence-electron chi connectivity index (χ2n) is 8.98. The van der Waals surface area contributed by atoms with E-state index in [1.54, 1.807) is 6.92 Å². The average molecular weight is 372 g/mol. The summed E-state index contributed by atoms with van der Waals surface area (Å²) < 4.78 is 5.87. The highest BCUT2D eigenvalue weighted by Crippen LogP contribution is 2.34. The number of likely N-dealkylation sites (N-methyl/N-ethyl adjacent to an activating group) is 1. The maximum absolute atomic E-state index is 12.6. The average Bonchev–Trinajstić information content (AvgIpc) is 2.51. The van der Waals surface area contributed by atoms with Crippen LogP contribution in [0.3, 0.4) is 0 Å². The molecule has 0 heterocycles. The van der Waals surface area contributed by atoms with Crippen molar-refractivity contribution in [3.63, 3.8) is 0 Å². The number of hydrogen-bond donors (Lipinski definition) is 1. The van der Waals surface area contributed by atoms with Crippen LogP contribution in [0.4, 0.5) is 0 Å². The van der Waals surface area contributed by atoms with Gasteiger partial charge in [-0.1, -0.05) is 72.6 Å². The first-order valence-electron chi connectivity index (χ1n) is 10.6. The smallest absolute Gasteiger partial charge is 0.310 e. The molecule has 0 aliphatic carbocycles. The molecule has 0 radical (unpaired) electrons. The molecule has 0 saturated heterocycles. The Morgan fingerprint density at radius 1 is 1.00 bits per heavy atom. The van der Waals surface area contributed by atoms with E-state index in [0.29, 0.717) is 12.3 Å². The Hall–Kier alpha value is -0.610. The summed E-state index contributed by atoms with van der Waals surface area (Å²) in [5.41, 5.74) is -2.15. The second-order valence-corrected chi connectivity index (χ2v) is 8.98. The van der Waals surface area contributed by atoms with Crippen molar-refractivity contribution in [2.75, 3.05) is 14.1 Å². The Morgan fingerprint density at radius 2 is 1.50 bits per heavy atom. The van der Waals surface area contributed by atoms with Gasteiger partial charge in [0.25, 0.3) is 0 Å². The summed E-state index contributed by atoms with van der Waals surface area (Å²) >= 11 is 0. The van der Waals surface area contributed by atoms with Crippen LogP contribution in [0.15, 0.2) is 0 Å². The highest BCUT2D eigenvalue weighted by molar-refractivity contribution is 5.72. The fourth-order valence-corrected chi connectivity index (χ4v) is 3.49. The molecule has 0 aromatic heterocycles. The van der Waals surface area contributed by atoms with E-state index in [9.17, 15) is 9.90 Å². The molecule has 156 valence electrons. The lowest BCUT2D eigenvalue weighted by Gasteiger charge is -2.47. The van der Waals surface area contributed by atoms with E-state index in [1.165, 1.54) is 38.5 Å². The monoisotopic (exact) mass is 371 g/mol. The van der Waals surface area contributed by atoms with E-state index in [2.05, 4.69) is 20.8 Å². The molecule has 0 fully saturated rings. The van der Waals surface area contributed by atoms with Crippen molar-refractivity contribution >= 4 is 5.97 Å². The van der Waals surface area contributed by atoms with E-state index < -0.39 is 11.3 Å². The van der Waals surface area contributed by atoms with Crippen molar-refractivity contribution in [2.45, 2.75) is 111 Å². The van der Waals surface area contributed by atoms with Crippen molar-refractivity contribution in [2.24, 2.45) is 11.8 Å². The third-order valence-corrected chi connectivity index (χ3v) is 5.60. The Balaban J connectivity index is 4.57. The Morgan fingerprint density at radius 3 is 1.96 bits per heavy atom. The molecule has 0 aromatic rings. The Bertz CT molecular complexity index is 393. The zero-order valence-electron chi connectivity index (χ0n) is 18.7. The van der Waals surface area contributed by atoms with E-state index in [1.807, 2.05) is 32.8 Å². The predicted octanol–water partition coefficient (Wildman–Crippen LogP) is 5.38. The maximum atomic E-state index is 12.6. The van der Waals surface area contributed by atoms with E-state index in [0.717, 1.165) is 12.8 Å². The number of hydrogen-bond acceptors (Lipinski definition) is 4. The maximum Gasteiger partial charge on any atom is 0.310 e. The summed E-state index contributed by atoms with van der Waals surface area (Å²) in [7, 11) is 3.70. The largest absolute Gasteiger partial charge is 0.441 e. The van der Waals surface area contributed by atoms with Gasteiger partial charge in [0, 0.05) is 0 Å². The van der Waals surface area contributed by atoms with Gasteiger partial charge >= 0.3 is 5.97 Å². The lowest BCUT2D eigenvalue weighted by molar-refractivity contribution is -0.236. The molecule has 0 rings (SSSR count). The van der Waals surface area contributed by atoms with Gasteiger partial charge in [-0.3, -0.25) is 9.69 Å². The van der Waals surface area contributed by atoms with Gasteiger partial charge in [0.1, 0.15) is 5.60 Å². The minimum absolute atomic E-state index is 0.139. The molecule has 1 N–H and O–H groups in total. The zero-order valence-corrected chi connectivity index (χ0v) is 18.7. The minimum atomic E-state index is -1.11. The molecule has 0 bridgehead atoms. The first-order valence-corrected chi connectivity index (χ1v) is 10.6. The van der Waals surface area contributed by atoms with Crippen LogP contribution in [0, 0.1) is 11.8 Å². The normalized spacial score (nSPS) is 17.8. The number of rotatable bonds is 14. The number of aliphatic hydroxyl groups is 1. The molecular weight excluding hydrogens is 326 g/mol.